The van der Waals surface area contributed by atoms with Gasteiger partial charge in [0.05, 0.1) is 16.6 Å². The number of nitrogens with one attached hydrogen (secondary N) is 3. The fraction of sp³-hybridized carbons (Fsp3) is 0.333. The van der Waals surface area contributed by atoms with Gasteiger partial charge in [0.25, 0.3) is 11.8 Å². The molecule has 2 aliphatic rings. The van der Waals surface area contributed by atoms with Crippen molar-refractivity contribution in [1.29, 1.82) is 0 Å². The fourth-order valence-corrected chi connectivity index (χ4v) is 4.79. The molecule has 170 valence electrons. The number of nitrogens with zero attached hydrogens (tertiary/aromatic N) is 2. The van der Waals surface area contributed by atoms with E-state index in [1.165, 1.54) is 6.07 Å². The molecule has 2 aromatic carbocycles. The second-order valence-electron chi connectivity index (χ2n) is 8.96. The number of hydrogen-bond acceptors (Lipinski definition) is 4. The van der Waals surface area contributed by atoms with Crippen LogP contribution in [-0.2, 0) is 10.3 Å². The zero-order valence-corrected chi connectivity index (χ0v) is 18.4. The van der Waals surface area contributed by atoms with Crippen LogP contribution in [0, 0.1) is 12.7 Å². The second kappa shape index (κ2) is 7.68. The first-order valence-electron chi connectivity index (χ1n) is 10.9. The normalized spacial score (nSPS) is 21.4. The summed E-state index contributed by atoms with van der Waals surface area (Å²) in [5, 5.41) is 12.7. The number of fused-ring (bicyclic) bond motifs is 1. The number of benzene rings is 2. The van der Waals surface area contributed by atoms with Crippen LogP contribution in [0.3, 0.4) is 0 Å². The van der Waals surface area contributed by atoms with Gasteiger partial charge in [0.1, 0.15) is 11.4 Å². The number of hydrogen-bond donors (Lipinski definition) is 3. The maximum absolute atomic E-state index is 14.6. The zero-order chi connectivity index (χ0) is 23.3. The Morgan fingerprint density at radius 2 is 1.85 bits per heavy atom. The lowest BCUT2D eigenvalue weighted by atomic mass is 9.90. The Labute approximate surface area is 189 Å². The van der Waals surface area contributed by atoms with E-state index >= 15 is 0 Å². The van der Waals surface area contributed by atoms with E-state index in [0.717, 1.165) is 11.3 Å². The highest BCUT2D eigenvalue weighted by Crippen LogP contribution is 2.34. The highest BCUT2D eigenvalue weighted by molar-refractivity contribution is 6.07. The quantitative estimate of drug-likeness (QED) is 0.534. The average molecular weight is 449 g/mol. The van der Waals surface area contributed by atoms with E-state index in [4.69, 9.17) is 0 Å². The number of halogens is 1. The Morgan fingerprint density at radius 3 is 2.48 bits per heavy atom. The number of carbonyl (C=O) groups excluding carboxylic acids is 3. The van der Waals surface area contributed by atoms with Crippen molar-refractivity contribution in [3.05, 3.63) is 64.6 Å². The van der Waals surface area contributed by atoms with Gasteiger partial charge in [0.15, 0.2) is 0 Å². The molecule has 3 N–H and O–H groups in total. The molecule has 4 amide bonds. The van der Waals surface area contributed by atoms with Crippen LogP contribution in [0.5, 0.6) is 0 Å². The maximum atomic E-state index is 14.6. The maximum Gasteiger partial charge on any atom is 0.322 e. The molecule has 2 fully saturated rings. The van der Waals surface area contributed by atoms with E-state index in [2.05, 4.69) is 20.8 Å². The minimum Gasteiger partial charge on any atom is -0.339 e. The van der Waals surface area contributed by atoms with Gasteiger partial charge in [-0.1, -0.05) is 12.1 Å². The molecule has 2 aliphatic heterocycles. The molecule has 33 heavy (non-hydrogen) atoms. The van der Waals surface area contributed by atoms with Crippen LogP contribution in [-0.4, -0.2) is 46.0 Å². The standard InChI is InChI=1S/C24H24FN5O3/c1-13-11-17(25)19-18(12-13)28-29-20(19)14-7-9-30(10-8-14)21(31)15-3-5-16(6-4-15)24(2)22(32)26-23(33)27-24/h3-6,11-12,14H,7-10H2,1-2H3,(H,28,29)(H2,26,27,32,33). The van der Waals surface area contributed by atoms with E-state index in [-0.39, 0.29) is 17.6 Å². The zero-order valence-electron chi connectivity index (χ0n) is 18.4. The summed E-state index contributed by atoms with van der Waals surface area (Å²) in [6.45, 7) is 4.56. The molecule has 9 heteroatoms. The van der Waals surface area contributed by atoms with E-state index in [0.29, 0.717) is 48.0 Å². The number of carbonyl (C=O) groups is 3. The van der Waals surface area contributed by atoms with Crippen LogP contribution in [0.15, 0.2) is 36.4 Å². The molecule has 5 rings (SSSR count). The third-order valence-electron chi connectivity index (χ3n) is 6.71. The lowest BCUT2D eigenvalue weighted by Gasteiger charge is -2.31. The molecular weight excluding hydrogens is 425 g/mol. The Hall–Kier alpha value is -3.75. The molecule has 1 unspecified atom stereocenters. The van der Waals surface area contributed by atoms with Gasteiger partial charge < -0.3 is 10.2 Å². The van der Waals surface area contributed by atoms with Crippen LogP contribution in [0.2, 0.25) is 0 Å². The van der Waals surface area contributed by atoms with Gasteiger partial charge in [0.2, 0.25) is 0 Å². The van der Waals surface area contributed by atoms with Crippen molar-refractivity contribution in [3.8, 4) is 0 Å². The number of H-pyrrole nitrogens is 1. The number of aryl methyl sites for hydroxylation is 1. The summed E-state index contributed by atoms with van der Waals surface area (Å²) in [6.07, 6.45) is 1.39. The summed E-state index contributed by atoms with van der Waals surface area (Å²) >= 11 is 0. The molecule has 0 saturated carbocycles. The van der Waals surface area contributed by atoms with E-state index in [9.17, 15) is 18.8 Å². The second-order valence-corrected chi connectivity index (χ2v) is 8.96. The van der Waals surface area contributed by atoms with Crippen molar-refractivity contribution < 1.29 is 18.8 Å². The summed E-state index contributed by atoms with van der Waals surface area (Å²) in [5.41, 5.74) is 2.22. The van der Waals surface area contributed by atoms with Crippen molar-refractivity contribution in [2.75, 3.05) is 13.1 Å². The minimum atomic E-state index is -1.16. The van der Waals surface area contributed by atoms with Gasteiger partial charge in [-0.3, -0.25) is 20.0 Å². The molecule has 0 bridgehead atoms. The first kappa shape index (κ1) is 21.1. The molecule has 1 aromatic heterocycles. The van der Waals surface area contributed by atoms with Crippen LogP contribution in [0.4, 0.5) is 9.18 Å². The van der Waals surface area contributed by atoms with E-state index in [1.54, 1.807) is 36.1 Å². The molecule has 1 atom stereocenters. The van der Waals surface area contributed by atoms with Crippen molar-refractivity contribution in [1.82, 2.24) is 25.7 Å². The van der Waals surface area contributed by atoms with Gasteiger partial charge in [-0.05, 0) is 62.1 Å². The third kappa shape index (κ3) is 3.53. The topological polar surface area (TPSA) is 107 Å². The Bertz CT molecular complexity index is 1280. The molecule has 3 heterocycles. The number of likely N-dealkylation sites (tertiary alicyclic amines) is 1. The van der Waals surface area contributed by atoms with Crippen molar-refractivity contribution in [2.24, 2.45) is 0 Å². The molecule has 2 saturated heterocycles. The van der Waals surface area contributed by atoms with E-state index < -0.39 is 17.5 Å². The predicted molar refractivity (Wildman–Crippen MR) is 119 cm³/mol. The number of imide groups is 1. The average Bonchev–Trinajstić information content (AvgIpc) is 3.34. The Kier molecular flexibility index (Phi) is 4.92. The molecular formula is C24H24FN5O3. The number of piperidine rings is 1. The van der Waals surface area contributed by atoms with Gasteiger partial charge >= 0.3 is 6.03 Å². The molecule has 0 spiro atoms. The third-order valence-corrected chi connectivity index (χ3v) is 6.71. The van der Waals surface area contributed by atoms with Crippen molar-refractivity contribution in [3.63, 3.8) is 0 Å². The van der Waals surface area contributed by atoms with Crippen molar-refractivity contribution >= 4 is 28.7 Å². The molecule has 0 aliphatic carbocycles. The van der Waals surface area contributed by atoms with Crippen LogP contribution in [0.1, 0.15) is 52.9 Å². The molecule has 8 nitrogen and oxygen atoms in total. The van der Waals surface area contributed by atoms with Crippen LogP contribution >= 0.6 is 0 Å². The van der Waals surface area contributed by atoms with Gasteiger partial charge in [-0.15, -0.1) is 0 Å². The summed E-state index contributed by atoms with van der Waals surface area (Å²) in [4.78, 5) is 38.4. The highest BCUT2D eigenvalue weighted by Gasteiger charge is 2.43. The Balaban J connectivity index is 1.28. The first-order chi connectivity index (χ1) is 15.8. The summed E-state index contributed by atoms with van der Waals surface area (Å²) in [7, 11) is 0. The number of urea groups is 1. The fourth-order valence-electron chi connectivity index (χ4n) is 4.79. The SMILES string of the molecule is Cc1cc(F)c2c(C3CCN(C(=O)c4ccc(C5(C)NC(=O)NC5=O)cc4)CC3)n[nH]c2c1. The number of aromatic nitrogens is 2. The Morgan fingerprint density at radius 1 is 1.15 bits per heavy atom. The van der Waals surface area contributed by atoms with Gasteiger partial charge in [-0.2, -0.15) is 5.10 Å². The number of rotatable bonds is 3. The lowest BCUT2D eigenvalue weighted by Crippen LogP contribution is -2.40. The first-order valence-corrected chi connectivity index (χ1v) is 10.9. The molecule has 0 radical (unpaired) electrons. The van der Waals surface area contributed by atoms with Crippen LogP contribution < -0.4 is 10.6 Å². The van der Waals surface area contributed by atoms with Gasteiger partial charge in [-0.25, -0.2) is 9.18 Å². The summed E-state index contributed by atoms with van der Waals surface area (Å²) in [6, 6.07) is 9.59. The predicted octanol–water partition coefficient (Wildman–Crippen LogP) is 3.08. The summed E-state index contributed by atoms with van der Waals surface area (Å²) < 4.78 is 14.6. The number of amides is 4. The molecule has 3 aromatic rings. The van der Waals surface area contributed by atoms with Crippen molar-refractivity contribution in [2.45, 2.75) is 38.1 Å². The monoisotopic (exact) mass is 449 g/mol. The largest absolute Gasteiger partial charge is 0.339 e. The summed E-state index contributed by atoms with van der Waals surface area (Å²) in [5.74, 6) is -0.718. The lowest BCUT2D eigenvalue weighted by molar-refractivity contribution is -0.123. The smallest absolute Gasteiger partial charge is 0.322 e. The van der Waals surface area contributed by atoms with E-state index in [1.807, 2.05) is 13.0 Å². The minimum absolute atomic E-state index is 0.0758. The number of aromatic amines is 1. The van der Waals surface area contributed by atoms with Crippen LogP contribution in [0.25, 0.3) is 10.9 Å². The highest BCUT2D eigenvalue weighted by atomic mass is 19.1. The van der Waals surface area contributed by atoms with Gasteiger partial charge in [0, 0.05) is 24.6 Å².